The SMILES string of the molecule is O=S(=O)(O)ON1CN2Cc3[nH]ncc3C1C2. The maximum atomic E-state index is 10.7. The first-order valence-corrected chi connectivity index (χ1v) is 6.07. The summed E-state index contributed by atoms with van der Waals surface area (Å²) in [5.74, 6) is 0. The molecule has 0 aromatic carbocycles. The van der Waals surface area contributed by atoms with E-state index in [9.17, 15) is 8.42 Å². The van der Waals surface area contributed by atoms with Crippen molar-refractivity contribution in [2.24, 2.45) is 0 Å². The van der Waals surface area contributed by atoms with Gasteiger partial charge in [-0.3, -0.25) is 14.6 Å². The Morgan fingerprint density at radius 3 is 3.19 bits per heavy atom. The monoisotopic (exact) mass is 246 g/mol. The fourth-order valence-corrected chi connectivity index (χ4v) is 2.61. The minimum absolute atomic E-state index is 0.204. The van der Waals surface area contributed by atoms with Crippen LogP contribution in [-0.4, -0.2) is 46.3 Å². The molecule has 0 aliphatic carbocycles. The van der Waals surface area contributed by atoms with Crippen molar-refractivity contribution in [2.75, 3.05) is 13.2 Å². The average molecular weight is 246 g/mol. The third-order valence-electron chi connectivity index (χ3n) is 2.80. The van der Waals surface area contributed by atoms with Gasteiger partial charge in [-0.25, -0.2) is 0 Å². The van der Waals surface area contributed by atoms with E-state index in [1.165, 1.54) is 5.06 Å². The molecule has 2 unspecified atom stereocenters. The highest BCUT2D eigenvalue weighted by molar-refractivity contribution is 7.80. The molecular formula is C7H10N4O4S. The predicted molar refractivity (Wildman–Crippen MR) is 51.1 cm³/mol. The van der Waals surface area contributed by atoms with Gasteiger partial charge in [0.1, 0.15) is 0 Å². The number of aromatic amines is 1. The predicted octanol–water partition coefficient (Wildman–Crippen LogP) is -0.726. The van der Waals surface area contributed by atoms with E-state index in [0.29, 0.717) is 19.8 Å². The Bertz CT molecular complexity index is 512. The lowest BCUT2D eigenvalue weighted by molar-refractivity contribution is -0.0794. The van der Waals surface area contributed by atoms with Gasteiger partial charge in [0, 0.05) is 18.7 Å². The summed E-state index contributed by atoms with van der Waals surface area (Å²) in [5, 5.41) is 8.01. The zero-order valence-corrected chi connectivity index (χ0v) is 9.01. The molecule has 2 aliphatic rings. The molecule has 16 heavy (non-hydrogen) atoms. The van der Waals surface area contributed by atoms with E-state index in [1.807, 2.05) is 4.90 Å². The summed E-state index contributed by atoms with van der Waals surface area (Å²) < 4.78 is 34.5. The molecule has 2 bridgehead atoms. The highest BCUT2D eigenvalue weighted by Crippen LogP contribution is 2.35. The first-order chi connectivity index (χ1) is 7.53. The van der Waals surface area contributed by atoms with E-state index in [1.54, 1.807) is 6.20 Å². The fraction of sp³-hybridized carbons (Fsp3) is 0.571. The molecule has 1 fully saturated rings. The summed E-state index contributed by atoms with van der Waals surface area (Å²) in [6.07, 6.45) is 1.66. The molecule has 88 valence electrons. The minimum atomic E-state index is -4.46. The molecule has 1 aromatic rings. The highest BCUT2D eigenvalue weighted by Gasteiger charge is 2.40. The molecule has 2 N–H and O–H groups in total. The Hall–Kier alpha value is -1.00. The average Bonchev–Trinajstić information content (AvgIpc) is 2.71. The molecule has 1 saturated heterocycles. The van der Waals surface area contributed by atoms with Crippen molar-refractivity contribution in [3.8, 4) is 0 Å². The number of hydroxylamine groups is 2. The highest BCUT2D eigenvalue weighted by atomic mass is 32.3. The summed E-state index contributed by atoms with van der Waals surface area (Å²) >= 11 is 0. The zero-order chi connectivity index (χ0) is 11.3. The summed E-state index contributed by atoms with van der Waals surface area (Å²) in [6.45, 7) is 1.69. The van der Waals surface area contributed by atoms with E-state index >= 15 is 0 Å². The Morgan fingerprint density at radius 1 is 1.62 bits per heavy atom. The summed E-state index contributed by atoms with van der Waals surface area (Å²) in [5.41, 5.74) is 1.87. The van der Waals surface area contributed by atoms with Crippen LogP contribution in [0.15, 0.2) is 6.20 Å². The standard InChI is InChI=1S/C7H10N4O4S/c12-16(13,14)15-11-4-10-2-6-5(1-8-9-6)7(11)3-10/h1,7H,2-4H2,(H,8,9)(H,12,13,14). The van der Waals surface area contributed by atoms with Crippen molar-refractivity contribution in [1.29, 1.82) is 0 Å². The van der Waals surface area contributed by atoms with E-state index in [-0.39, 0.29) is 6.04 Å². The second kappa shape index (κ2) is 3.25. The van der Waals surface area contributed by atoms with Crippen molar-refractivity contribution in [3.63, 3.8) is 0 Å². The number of nitrogens with zero attached hydrogens (tertiary/aromatic N) is 3. The lowest BCUT2D eigenvalue weighted by Crippen LogP contribution is -2.27. The van der Waals surface area contributed by atoms with Gasteiger partial charge in [-0.1, -0.05) is 0 Å². The van der Waals surface area contributed by atoms with Gasteiger partial charge in [0.05, 0.1) is 24.6 Å². The molecule has 0 saturated carbocycles. The molecule has 3 rings (SSSR count). The number of hydrogen-bond acceptors (Lipinski definition) is 6. The van der Waals surface area contributed by atoms with Crippen LogP contribution in [0.5, 0.6) is 0 Å². The summed E-state index contributed by atoms with van der Waals surface area (Å²) in [6, 6.07) is -0.204. The molecule has 9 heteroatoms. The molecule has 0 radical (unpaired) electrons. The van der Waals surface area contributed by atoms with Crippen LogP contribution < -0.4 is 0 Å². The van der Waals surface area contributed by atoms with Crippen LogP contribution in [0.3, 0.4) is 0 Å². The Morgan fingerprint density at radius 2 is 2.44 bits per heavy atom. The van der Waals surface area contributed by atoms with Gasteiger partial charge in [0.15, 0.2) is 0 Å². The number of aromatic nitrogens is 2. The van der Waals surface area contributed by atoms with Gasteiger partial charge in [-0.05, 0) is 0 Å². The third-order valence-corrected chi connectivity index (χ3v) is 3.18. The number of nitrogens with one attached hydrogen (secondary N) is 1. The van der Waals surface area contributed by atoms with E-state index in [4.69, 9.17) is 4.55 Å². The van der Waals surface area contributed by atoms with Gasteiger partial charge >= 0.3 is 10.4 Å². The molecule has 2 aliphatic heterocycles. The van der Waals surface area contributed by atoms with Crippen LogP contribution in [0.25, 0.3) is 0 Å². The number of hydrogen-bond donors (Lipinski definition) is 2. The van der Waals surface area contributed by atoms with Crippen LogP contribution in [0.2, 0.25) is 0 Å². The Kier molecular flexibility index (Phi) is 2.06. The van der Waals surface area contributed by atoms with Crippen molar-refractivity contribution in [1.82, 2.24) is 20.2 Å². The third kappa shape index (κ3) is 1.62. The van der Waals surface area contributed by atoms with Crippen molar-refractivity contribution in [3.05, 3.63) is 17.5 Å². The fourth-order valence-electron chi connectivity index (χ4n) is 2.21. The van der Waals surface area contributed by atoms with E-state index < -0.39 is 10.4 Å². The molecule has 0 amide bonds. The quantitative estimate of drug-likeness (QED) is 0.664. The molecule has 0 spiro atoms. The molecular weight excluding hydrogens is 236 g/mol. The lowest BCUT2D eigenvalue weighted by Gasteiger charge is -2.21. The number of H-pyrrole nitrogens is 1. The van der Waals surface area contributed by atoms with Crippen LogP contribution >= 0.6 is 0 Å². The van der Waals surface area contributed by atoms with Gasteiger partial charge in [-0.15, -0.1) is 5.06 Å². The van der Waals surface area contributed by atoms with Crippen LogP contribution in [0.1, 0.15) is 17.3 Å². The van der Waals surface area contributed by atoms with Crippen molar-refractivity contribution < 1.29 is 17.3 Å². The number of fused-ring (bicyclic) bond motifs is 4. The molecule has 8 nitrogen and oxygen atoms in total. The zero-order valence-electron chi connectivity index (χ0n) is 8.20. The normalized spacial score (nSPS) is 29.3. The topological polar surface area (TPSA) is 98.8 Å². The van der Waals surface area contributed by atoms with Gasteiger partial charge < -0.3 is 0 Å². The minimum Gasteiger partial charge on any atom is -0.281 e. The first kappa shape index (κ1) is 10.2. The first-order valence-electron chi connectivity index (χ1n) is 4.71. The van der Waals surface area contributed by atoms with Crippen LogP contribution in [0, 0.1) is 0 Å². The largest absolute Gasteiger partial charge is 0.413 e. The van der Waals surface area contributed by atoms with E-state index in [2.05, 4.69) is 14.5 Å². The van der Waals surface area contributed by atoms with E-state index in [0.717, 1.165) is 11.3 Å². The smallest absolute Gasteiger partial charge is 0.281 e. The van der Waals surface area contributed by atoms with Gasteiger partial charge in [-0.2, -0.15) is 17.8 Å². The molecule has 2 atom stereocenters. The number of rotatable bonds is 2. The maximum absolute atomic E-state index is 10.7. The molecule has 1 aromatic heterocycles. The maximum Gasteiger partial charge on any atom is 0.413 e. The summed E-state index contributed by atoms with van der Waals surface area (Å²) in [4.78, 5) is 2.00. The van der Waals surface area contributed by atoms with Gasteiger partial charge in [0.2, 0.25) is 0 Å². The van der Waals surface area contributed by atoms with Crippen molar-refractivity contribution in [2.45, 2.75) is 12.6 Å². The summed E-state index contributed by atoms with van der Waals surface area (Å²) in [7, 11) is -4.46. The Labute approximate surface area is 91.7 Å². The van der Waals surface area contributed by atoms with Crippen LogP contribution in [0.4, 0.5) is 0 Å². The lowest BCUT2D eigenvalue weighted by atomic mass is 10.1. The van der Waals surface area contributed by atoms with Crippen LogP contribution in [-0.2, 0) is 21.2 Å². The second-order valence-electron chi connectivity index (χ2n) is 3.89. The van der Waals surface area contributed by atoms with Crippen molar-refractivity contribution >= 4 is 10.4 Å². The van der Waals surface area contributed by atoms with Gasteiger partial charge in [0.25, 0.3) is 0 Å². The second-order valence-corrected chi connectivity index (χ2v) is 4.90. The molecule has 3 heterocycles. The Balaban J connectivity index is 1.91.